The molecule has 0 spiro atoms. The first-order valence-corrected chi connectivity index (χ1v) is 5.50. The lowest BCUT2D eigenvalue weighted by molar-refractivity contribution is -0.00523. The Kier molecular flexibility index (Phi) is 2.69. The summed E-state index contributed by atoms with van der Waals surface area (Å²) in [5, 5.41) is 0. The van der Waals surface area contributed by atoms with Crippen molar-refractivity contribution in [1.29, 1.82) is 0 Å². The van der Waals surface area contributed by atoms with E-state index in [1.807, 2.05) is 0 Å². The predicted molar refractivity (Wildman–Crippen MR) is 50.1 cm³/mol. The van der Waals surface area contributed by atoms with Crippen LogP contribution in [0.5, 0.6) is 0 Å². The number of rotatable bonds is 2. The van der Waals surface area contributed by atoms with Gasteiger partial charge in [-0.05, 0) is 38.0 Å². The van der Waals surface area contributed by atoms with E-state index in [0.29, 0.717) is 12.2 Å². The topological polar surface area (TPSA) is 9.23 Å². The van der Waals surface area contributed by atoms with E-state index in [9.17, 15) is 0 Å². The van der Waals surface area contributed by atoms with Crippen LogP contribution in [0.25, 0.3) is 0 Å². The van der Waals surface area contributed by atoms with Crippen molar-refractivity contribution < 1.29 is 4.74 Å². The molecule has 0 aromatic heterocycles. The van der Waals surface area contributed by atoms with Gasteiger partial charge in [0, 0.05) is 0 Å². The van der Waals surface area contributed by atoms with Crippen molar-refractivity contribution in [3.05, 3.63) is 0 Å². The van der Waals surface area contributed by atoms with Gasteiger partial charge in [-0.1, -0.05) is 19.8 Å². The van der Waals surface area contributed by atoms with E-state index >= 15 is 0 Å². The summed E-state index contributed by atoms with van der Waals surface area (Å²) in [7, 11) is 0. The standard InChI is InChI=1S/C11H20O/c1-9-6-7-11(8-9)12-10-4-2-3-5-10/h9-11H,2-8H2,1H3. The average Bonchev–Trinajstić information content (AvgIpc) is 2.63. The molecule has 0 N–H and O–H groups in total. The molecule has 0 aromatic rings. The van der Waals surface area contributed by atoms with E-state index in [0.717, 1.165) is 5.92 Å². The summed E-state index contributed by atoms with van der Waals surface area (Å²) >= 11 is 0. The summed E-state index contributed by atoms with van der Waals surface area (Å²) in [5.74, 6) is 0.913. The number of hydrogen-bond acceptors (Lipinski definition) is 1. The smallest absolute Gasteiger partial charge is 0.0581 e. The highest BCUT2D eigenvalue weighted by molar-refractivity contribution is 4.76. The second-order valence-electron chi connectivity index (χ2n) is 4.58. The third kappa shape index (κ3) is 2.01. The van der Waals surface area contributed by atoms with Gasteiger partial charge in [-0.15, -0.1) is 0 Å². The van der Waals surface area contributed by atoms with Crippen LogP contribution in [-0.4, -0.2) is 12.2 Å². The first-order valence-electron chi connectivity index (χ1n) is 5.50. The van der Waals surface area contributed by atoms with E-state index in [1.54, 1.807) is 0 Å². The van der Waals surface area contributed by atoms with Crippen molar-refractivity contribution in [2.45, 2.75) is 64.1 Å². The lowest BCUT2D eigenvalue weighted by atomic mass is 10.1. The maximum absolute atomic E-state index is 6.04. The molecule has 12 heavy (non-hydrogen) atoms. The Morgan fingerprint density at radius 1 is 0.917 bits per heavy atom. The first-order chi connectivity index (χ1) is 5.84. The largest absolute Gasteiger partial charge is 0.375 e. The Morgan fingerprint density at radius 2 is 1.67 bits per heavy atom. The zero-order chi connectivity index (χ0) is 8.39. The minimum Gasteiger partial charge on any atom is -0.375 e. The Labute approximate surface area is 75.5 Å². The van der Waals surface area contributed by atoms with Gasteiger partial charge in [0.2, 0.25) is 0 Å². The Hall–Kier alpha value is -0.0400. The van der Waals surface area contributed by atoms with Crippen molar-refractivity contribution in [3.8, 4) is 0 Å². The number of hydrogen-bond donors (Lipinski definition) is 0. The van der Waals surface area contributed by atoms with Crippen LogP contribution in [0.4, 0.5) is 0 Å². The summed E-state index contributed by atoms with van der Waals surface area (Å²) in [6.07, 6.45) is 10.7. The molecule has 1 heteroatoms. The third-order valence-corrected chi connectivity index (χ3v) is 3.33. The molecule has 0 bridgehead atoms. The molecule has 0 aromatic carbocycles. The molecular weight excluding hydrogens is 148 g/mol. The van der Waals surface area contributed by atoms with E-state index in [4.69, 9.17) is 4.74 Å². The Morgan fingerprint density at radius 3 is 2.25 bits per heavy atom. The molecule has 0 heterocycles. The first kappa shape index (κ1) is 8.55. The molecule has 1 nitrogen and oxygen atoms in total. The van der Waals surface area contributed by atoms with Gasteiger partial charge in [0.15, 0.2) is 0 Å². The number of ether oxygens (including phenoxy) is 1. The maximum atomic E-state index is 6.04. The minimum atomic E-state index is 0.614. The highest BCUT2D eigenvalue weighted by atomic mass is 16.5. The molecule has 2 atom stereocenters. The lowest BCUT2D eigenvalue weighted by Crippen LogP contribution is -2.16. The van der Waals surface area contributed by atoms with Crippen molar-refractivity contribution in [2.24, 2.45) is 5.92 Å². The van der Waals surface area contributed by atoms with Crippen LogP contribution >= 0.6 is 0 Å². The van der Waals surface area contributed by atoms with Gasteiger partial charge in [-0.25, -0.2) is 0 Å². The Balaban J connectivity index is 1.72. The fraction of sp³-hybridized carbons (Fsp3) is 1.00. The highest BCUT2D eigenvalue weighted by Crippen LogP contribution is 2.31. The van der Waals surface area contributed by atoms with Gasteiger partial charge in [0.1, 0.15) is 0 Å². The zero-order valence-corrected chi connectivity index (χ0v) is 8.09. The second kappa shape index (κ2) is 3.78. The minimum absolute atomic E-state index is 0.614. The molecule has 0 saturated heterocycles. The molecule has 0 radical (unpaired) electrons. The van der Waals surface area contributed by atoms with Gasteiger partial charge in [0.25, 0.3) is 0 Å². The normalized spacial score (nSPS) is 37.8. The zero-order valence-electron chi connectivity index (χ0n) is 8.09. The molecule has 0 aliphatic heterocycles. The summed E-state index contributed by atoms with van der Waals surface area (Å²) in [5.41, 5.74) is 0. The third-order valence-electron chi connectivity index (χ3n) is 3.33. The fourth-order valence-corrected chi connectivity index (χ4v) is 2.58. The van der Waals surface area contributed by atoms with Crippen LogP contribution in [0.2, 0.25) is 0 Å². The van der Waals surface area contributed by atoms with Gasteiger partial charge >= 0.3 is 0 Å². The van der Waals surface area contributed by atoms with E-state index in [-0.39, 0.29) is 0 Å². The maximum Gasteiger partial charge on any atom is 0.0581 e. The second-order valence-corrected chi connectivity index (χ2v) is 4.58. The van der Waals surface area contributed by atoms with Gasteiger partial charge in [-0.2, -0.15) is 0 Å². The molecule has 2 fully saturated rings. The fourth-order valence-electron chi connectivity index (χ4n) is 2.58. The molecule has 0 amide bonds. The van der Waals surface area contributed by atoms with Crippen LogP contribution in [0.1, 0.15) is 51.9 Å². The van der Waals surface area contributed by atoms with Crippen molar-refractivity contribution in [3.63, 3.8) is 0 Å². The van der Waals surface area contributed by atoms with Crippen LogP contribution < -0.4 is 0 Å². The predicted octanol–water partition coefficient (Wildman–Crippen LogP) is 3.13. The monoisotopic (exact) mass is 168 g/mol. The van der Waals surface area contributed by atoms with Crippen LogP contribution in [0.3, 0.4) is 0 Å². The molecule has 2 unspecified atom stereocenters. The van der Waals surface area contributed by atoms with Crippen LogP contribution in [-0.2, 0) is 4.74 Å². The summed E-state index contributed by atoms with van der Waals surface area (Å²) in [4.78, 5) is 0. The Bertz CT molecular complexity index is 138. The van der Waals surface area contributed by atoms with Crippen LogP contribution in [0.15, 0.2) is 0 Å². The van der Waals surface area contributed by atoms with E-state index in [1.165, 1.54) is 44.9 Å². The van der Waals surface area contributed by atoms with E-state index < -0.39 is 0 Å². The van der Waals surface area contributed by atoms with Gasteiger partial charge in [-0.3, -0.25) is 0 Å². The van der Waals surface area contributed by atoms with Crippen molar-refractivity contribution in [2.75, 3.05) is 0 Å². The summed E-state index contributed by atoms with van der Waals surface area (Å²) in [6.45, 7) is 2.35. The molecule has 70 valence electrons. The quantitative estimate of drug-likeness (QED) is 0.615. The molecule has 2 aliphatic carbocycles. The van der Waals surface area contributed by atoms with Crippen molar-refractivity contribution in [1.82, 2.24) is 0 Å². The lowest BCUT2D eigenvalue weighted by Gasteiger charge is -2.17. The van der Waals surface area contributed by atoms with Gasteiger partial charge in [0.05, 0.1) is 12.2 Å². The molecule has 2 aliphatic rings. The SMILES string of the molecule is CC1CCC(OC2CCCC2)C1. The molecule has 2 saturated carbocycles. The van der Waals surface area contributed by atoms with Crippen LogP contribution in [0, 0.1) is 5.92 Å². The molecule has 2 rings (SSSR count). The highest BCUT2D eigenvalue weighted by Gasteiger charge is 2.26. The average molecular weight is 168 g/mol. The summed E-state index contributed by atoms with van der Waals surface area (Å²) < 4.78 is 6.04. The van der Waals surface area contributed by atoms with Gasteiger partial charge < -0.3 is 4.74 Å². The van der Waals surface area contributed by atoms with Crippen molar-refractivity contribution >= 4 is 0 Å². The summed E-state index contributed by atoms with van der Waals surface area (Å²) in [6, 6.07) is 0. The molecular formula is C11H20O. The van der Waals surface area contributed by atoms with E-state index in [2.05, 4.69) is 6.92 Å².